The molecule has 0 aromatic carbocycles. The van der Waals surface area contributed by atoms with E-state index in [2.05, 4.69) is 13.5 Å². The van der Waals surface area contributed by atoms with Crippen LogP contribution in [0.15, 0.2) is 12.2 Å². The van der Waals surface area contributed by atoms with Crippen molar-refractivity contribution in [2.24, 2.45) is 17.3 Å². The lowest BCUT2D eigenvalue weighted by Crippen LogP contribution is -2.40. The molecule has 2 saturated carbocycles. The number of aliphatic hydroxyl groups excluding tert-OH is 1. The quantitative estimate of drug-likeness (QED) is 0.762. The van der Waals surface area contributed by atoms with Crippen LogP contribution in [-0.2, 0) is 4.74 Å². The van der Waals surface area contributed by atoms with E-state index in [0.717, 1.165) is 31.3 Å². The summed E-state index contributed by atoms with van der Waals surface area (Å²) in [6, 6.07) is 0. The maximum Gasteiger partial charge on any atom is 0.0824 e. The van der Waals surface area contributed by atoms with Gasteiger partial charge < -0.3 is 14.9 Å². The topological polar surface area (TPSA) is 49.7 Å². The van der Waals surface area contributed by atoms with Gasteiger partial charge in [0.1, 0.15) is 0 Å². The van der Waals surface area contributed by atoms with Gasteiger partial charge in [0.25, 0.3) is 0 Å². The SMILES string of the molecule is C=C(COCC(C)(C)O)[C@H]1CC[C@H]2[C@@H](O)CCC[C@]12C. The summed E-state index contributed by atoms with van der Waals surface area (Å²) in [5.74, 6) is 0.872. The highest BCUT2D eigenvalue weighted by molar-refractivity contribution is 5.14. The van der Waals surface area contributed by atoms with Gasteiger partial charge in [0, 0.05) is 0 Å². The fraction of sp³-hybridized carbons (Fsp3) is 0.882. The zero-order valence-electron chi connectivity index (χ0n) is 13.2. The predicted molar refractivity (Wildman–Crippen MR) is 80.4 cm³/mol. The lowest BCUT2D eigenvalue weighted by Gasteiger charge is -2.44. The summed E-state index contributed by atoms with van der Waals surface area (Å²) in [7, 11) is 0. The maximum absolute atomic E-state index is 10.2. The average molecular weight is 282 g/mol. The van der Waals surface area contributed by atoms with E-state index in [0.29, 0.717) is 25.0 Å². The fourth-order valence-electron chi connectivity index (χ4n) is 4.35. The molecule has 0 radical (unpaired) electrons. The van der Waals surface area contributed by atoms with Gasteiger partial charge in [0.2, 0.25) is 0 Å². The van der Waals surface area contributed by atoms with Crippen molar-refractivity contribution in [1.82, 2.24) is 0 Å². The molecule has 0 aromatic heterocycles. The lowest BCUT2D eigenvalue weighted by atomic mass is 9.63. The Morgan fingerprint density at radius 1 is 1.35 bits per heavy atom. The van der Waals surface area contributed by atoms with Gasteiger partial charge >= 0.3 is 0 Å². The van der Waals surface area contributed by atoms with Crippen molar-refractivity contribution >= 4 is 0 Å². The molecular formula is C17H30O3. The molecule has 2 aliphatic carbocycles. The Kier molecular flexibility index (Phi) is 4.63. The van der Waals surface area contributed by atoms with Crippen LogP contribution in [0.1, 0.15) is 52.9 Å². The summed E-state index contributed by atoms with van der Waals surface area (Å²) < 4.78 is 5.61. The first-order valence-corrected chi connectivity index (χ1v) is 7.90. The molecule has 2 fully saturated rings. The molecule has 2 aliphatic rings. The molecule has 0 amide bonds. The molecule has 0 saturated heterocycles. The van der Waals surface area contributed by atoms with Gasteiger partial charge in [0.15, 0.2) is 0 Å². The Morgan fingerprint density at radius 3 is 2.70 bits per heavy atom. The lowest BCUT2D eigenvalue weighted by molar-refractivity contribution is -0.0257. The Balaban J connectivity index is 1.94. The molecule has 20 heavy (non-hydrogen) atoms. The Labute approximate surface area is 123 Å². The molecule has 3 nitrogen and oxygen atoms in total. The van der Waals surface area contributed by atoms with Crippen molar-refractivity contribution in [3.05, 3.63) is 12.2 Å². The third-order valence-corrected chi connectivity index (χ3v) is 5.32. The number of rotatable bonds is 5. The Bertz CT molecular complexity index is 358. The first-order chi connectivity index (χ1) is 9.24. The number of ether oxygens (including phenoxy) is 1. The van der Waals surface area contributed by atoms with Crippen LogP contribution in [0.25, 0.3) is 0 Å². The third-order valence-electron chi connectivity index (χ3n) is 5.32. The Hall–Kier alpha value is -0.380. The zero-order valence-corrected chi connectivity index (χ0v) is 13.2. The molecule has 2 rings (SSSR count). The monoisotopic (exact) mass is 282 g/mol. The standard InChI is InChI=1S/C17H30O3/c1-12(10-20-11-16(2,3)19)13-7-8-14-15(18)6-5-9-17(13,14)4/h13-15,18-19H,1,5-11H2,2-4H3/t13-,14+,15+,17-/m1/s1. The van der Waals surface area contributed by atoms with Gasteiger partial charge in [-0.3, -0.25) is 0 Å². The third kappa shape index (κ3) is 3.26. The molecule has 0 aromatic rings. The minimum absolute atomic E-state index is 0.135. The highest BCUT2D eigenvalue weighted by atomic mass is 16.5. The molecule has 0 spiro atoms. The van der Waals surface area contributed by atoms with E-state index in [4.69, 9.17) is 4.74 Å². The summed E-state index contributed by atoms with van der Waals surface area (Å²) in [6.07, 6.45) is 5.33. The number of hydrogen-bond acceptors (Lipinski definition) is 3. The van der Waals surface area contributed by atoms with Crippen LogP contribution in [0, 0.1) is 17.3 Å². The van der Waals surface area contributed by atoms with E-state index >= 15 is 0 Å². The van der Waals surface area contributed by atoms with Gasteiger partial charge in [-0.15, -0.1) is 0 Å². The Morgan fingerprint density at radius 2 is 2.05 bits per heavy atom. The molecule has 2 N–H and O–H groups in total. The van der Waals surface area contributed by atoms with Crippen LogP contribution in [0.5, 0.6) is 0 Å². The summed E-state index contributed by atoms with van der Waals surface area (Å²) >= 11 is 0. The normalized spacial score (nSPS) is 37.8. The van der Waals surface area contributed by atoms with Crippen molar-refractivity contribution in [3.8, 4) is 0 Å². The minimum Gasteiger partial charge on any atom is -0.393 e. The second-order valence-electron chi connectivity index (χ2n) is 7.67. The zero-order chi connectivity index (χ0) is 15.0. The van der Waals surface area contributed by atoms with Crippen molar-refractivity contribution < 1.29 is 14.9 Å². The smallest absolute Gasteiger partial charge is 0.0824 e. The van der Waals surface area contributed by atoms with E-state index in [9.17, 15) is 10.2 Å². The fourth-order valence-corrected chi connectivity index (χ4v) is 4.35. The van der Waals surface area contributed by atoms with Crippen LogP contribution in [-0.4, -0.2) is 35.1 Å². The first-order valence-electron chi connectivity index (χ1n) is 7.90. The maximum atomic E-state index is 10.2. The highest BCUT2D eigenvalue weighted by Crippen LogP contribution is 2.57. The van der Waals surface area contributed by atoms with Crippen molar-refractivity contribution in [1.29, 1.82) is 0 Å². The van der Waals surface area contributed by atoms with Crippen molar-refractivity contribution in [3.63, 3.8) is 0 Å². The van der Waals surface area contributed by atoms with Crippen molar-refractivity contribution in [2.75, 3.05) is 13.2 Å². The molecular weight excluding hydrogens is 252 g/mol. The molecule has 0 heterocycles. The molecule has 116 valence electrons. The summed E-state index contributed by atoms with van der Waals surface area (Å²) in [5, 5.41) is 19.9. The van der Waals surface area contributed by atoms with Gasteiger partial charge in [-0.25, -0.2) is 0 Å². The van der Waals surface area contributed by atoms with E-state index in [1.807, 2.05) is 0 Å². The molecule has 4 atom stereocenters. The first kappa shape index (κ1) is 16.0. The molecule has 0 unspecified atom stereocenters. The van der Waals surface area contributed by atoms with Gasteiger partial charge in [0.05, 0.1) is 24.9 Å². The number of fused-ring (bicyclic) bond motifs is 1. The summed E-state index contributed by atoms with van der Waals surface area (Å²) in [6.45, 7) is 10.9. The molecule has 0 bridgehead atoms. The van der Waals surface area contributed by atoms with Gasteiger partial charge in [-0.2, -0.15) is 0 Å². The van der Waals surface area contributed by atoms with E-state index in [-0.39, 0.29) is 11.5 Å². The average Bonchev–Trinajstić information content (AvgIpc) is 2.66. The van der Waals surface area contributed by atoms with Crippen LogP contribution in [0.4, 0.5) is 0 Å². The second-order valence-corrected chi connectivity index (χ2v) is 7.67. The van der Waals surface area contributed by atoms with Crippen LogP contribution >= 0.6 is 0 Å². The van der Waals surface area contributed by atoms with Gasteiger partial charge in [-0.1, -0.05) is 19.9 Å². The highest BCUT2D eigenvalue weighted by Gasteiger charge is 2.51. The van der Waals surface area contributed by atoms with Crippen LogP contribution in [0.3, 0.4) is 0 Å². The van der Waals surface area contributed by atoms with E-state index in [1.54, 1.807) is 13.8 Å². The van der Waals surface area contributed by atoms with E-state index in [1.165, 1.54) is 6.42 Å². The van der Waals surface area contributed by atoms with Crippen LogP contribution < -0.4 is 0 Å². The largest absolute Gasteiger partial charge is 0.393 e. The second kappa shape index (κ2) is 5.78. The van der Waals surface area contributed by atoms with E-state index < -0.39 is 5.60 Å². The molecule has 3 heteroatoms. The molecule has 0 aliphatic heterocycles. The number of aliphatic hydroxyl groups is 2. The minimum atomic E-state index is -0.788. The summed E-state index contributed by atoms with van der Waals surface area (Å²) in [5.41, 5.74) is 0.532. The predicted octanol–water partition coefficient (Wildman–Crippen LogP) is 2.91. The van der Waals surface area contributed by atoms with Crippen LogP contribution in [0.2, 0.25) is 0 Å². The number of hydrogen-bond donors (Lipinski definition) is 2. The van der Waals surface area contributed by atoms with Gasteiger partial charge in [-0.05, 0) is 62.4 Å². The van der Waals surface area contributed by atoms with Crippen molar-refractivity contribution in [2.45, 2.75) is 64.6 Å². The summed E-state index contributed by atoms with van der Waals surface area (Å²) in [4.78, 5) is 0.